The second-order valence-electron chi connectivity index (χ2n) is 7.50. The van der Waals surface area contributed by atoms with Crippen LogP contribution in [-0.4, -0.2) is 34.0 Å². The minimum absolute atomic E-state index is 0.0617. The van der Waals surface area contributed by atoms with E-state index in [1.54, 1.807) is 0 Å². The molecule has 0 bridgehead atoms. The highest BCUT2D eigenvalue weighted by Gasteiger charge is 2.39. The van der Waals surface area contributed by atoms with E-state index >= 15 is 0 Å². The van der Waals surface area contributed by atoms with Gasteiger partial charge in [0, 0.05) is 18.2 Å². The van der Waals surface area contributed by atoms with Crippen molar-refractivity contribution in [1.82, 2.24) is 5.32 Å². The predicted molar refractivity (Wildman–Crippen MR) is 96.6 cm³/mol. The Balaban J connectivity index is 1.67. The summed E-state index contributed by atoms with van der Waals surface area (Å²) in [6.45, 7) is 0.562. The van der Waals surface area contributed by atoms with Crippen LogP contribution < -0.4 is 5.32 Å². The van der Waals surface area contributed by atoms with E-state index in [0.29, 0.717) is 13.0 Å². The van der Waals surface area contributed by atoms with Crippen LogP contribution in [0.2, 0.25) is 0 Å². The van der Waals surface area contributed by atoms with Crippen LogP contribution in [0.1, 0.15) is 63.4 Å². The van der Waals surface area contributed by atoms with Gasteiger partial charge in [0.1, 0.15) is 5.60 Å². The van der Waals surface area contributed by atoms with Crippen molar-refractivity contribution < 1.29 is 10.2 Å². The summed E-state index contributed by atoms with van der Waals surface area (Å²) in [4.78, 5) is 0. The fourth-order valence-electron chi connectivity index (χ4n) is 3.98. The van der Waals surface area contributed by atoms with E-state index in [1.807, 2.05) is 30.3 Å². The molecule has 3 N–H and O–H groups in total. The Morgan fingerprint density at radius 2 is 1.67 bits per heavy atom. The highest BCUT2D eigenvalue weighted by Crippen LogP contribution is 2.31. The first-order valence-electron chi connectivity index (χ1n) is 9.36. The lowest BCUT2D eigenvalue weighted by molar-refractivity contribution is -0.0181. The van der Waals surface area contributed by atoms with E-state index in [1.165, 1.54) is 6.42 Å². The lowest BCUT2D eigenvalue weighted by Gasteiger charge is -2.40. The summed E-state index contributed by atoms with van der Waals surface area (Å²) in [7, 11) is 0. The van der Waals surface area contributed by atoms with E-state index in [0.717, 1.165) is 50.5 Å². The van der Waals surface area contributed by atoms with Crippen molar-refractivity contribution in [3.63, 3.8) is 0 Å². The number of nitrogens with one attached hydrogen (secondary N) is 1. The molecule has 2 saturated carbocycles. The molecule has 1 aromatic carbocycles. The van der Waals surface area contributed by atoms with Gasteiger partial charge in [-0.3, -0.25) is 0 Å². The molecule has 0 aliphatic heterocycles. The normalized spacial score (nSPS) is 29.5. The highest BCUT2D eigenvalue weighted by molar-refractivity contribution is 5.36. The number of benzene rings is 1. The monoisotopic (exact) mass is 327 g/mol. The van der Waals surface area contributed by atoms with Gasteiger partial charge in [0.15, 0.2) is 0 Å². The van der Waals surface area contributed by atoms with Gasteiger partial charge in [0.05, 0.1) is 5.60 Å². The molecule has 2 atom stereocenters. The standard InChI is InChI=1S/C21H29NO2/c23-20(13-6-2-7-14-20)17-22-19-11-5-8-15-21(19,24)16-12-18-9-3-1-4-10-18/h1,3-4,9-10,19,22-24H,2,5-8,11,13-15,17H2/t19-,21+/m0/s1. The lowest BCUT2D eigenvalue weighted by atomic mass is 9.79. The van der Waals surface area contributed by atoms with Crippen LogP contribution in [0.5, 0.6) is 0 Å². The van der Waals surface area contributed by atoms with Gasteiger partial charge in [-0.2, -0.15) is 0 Å². The Morgan fingerprint density at radius 1 is 0.958 bits per heavy atom. The Kier molecular flexibility index (Phi) is 5.61. The smallest absolute Gasteiger partial charge is 0.141 e. The van der Waals surface area contributed by atoms with Crippen LogP contribution in [0, 0.1) is 11.8 Å². The van der Waals surface area contributed by atoms with Gasteiger partial charge in [-0.1, -0.05) is 55.7 Å². The molecule has 0 saturated heterocycles. The first-order chi connectivity index (χ1) is 11.6. The van der Waals surface area contributed by atoms with Gasteiger partial charge < -0.3 is 15.5 Å². The van der Waals surface area contributed by atoms with Crippen molar-refractivity contribution in [1.29, 1.82) is 0 Å². The van der Waals surface area contributed by atoms with Crippen molar-refractivity contribution in [2.45, 2.75) is 75.0 Å². The van der Waals surface area contributed by atoms with Gasteiger partial charge >= 0.3 is 0 Å². The largest absolute Gasteiger partial charge is 0.389 e. The molecule has 0 heterocycles. The first kappa shape index (κ1) is 17.5. The molecule has 0 aromatic heterocycles. The topological polar surface area (TPSA) is 52.5 Å². The second-order valence-corrected chi connectivity index (χ2v) is 7.50. The fourth-order valence-corrected chi connectivity index (χ4v) is 3.98. The third kappa shape index (κ3) is 4.39. The Bertz CT molecular complexity index is 583. The third-order valence-electron chi connectivity index (χ3n) is 5.54. The molecular formula is C21H29NO2. The fraction of sp³-hybridized carbons (Fsp3) is 0.619. The average Bonchev–Trinajstić information content (AvgIpc) is 2.61. The van der Waals surface area contributed by atoms with Crippen LogP contribution in [-0.2, 0) is 0 Å². The van der Waals surface area contributed by atoms with Crippen molar-refractivity contribution in [3.05, 3.63) is 35.9 Å². The Morgan fingerprint density at radius 3 is 2.42 bits per heavy atom. The van der Waals surface area contributed by atoms with Crippen molar-refractivity contribution in [2.24, 2.45) is 0 Å². The quantitative estimate of drug-likeness (QED) is 0.748. The molecule has 24 heavy (non-hydrogen) atoms. The summed E-state index contributed by atoms with van der Waals surface area (Å²) in [6, 6.07) is 9.76. The van der Waals surface area contributed by atoms with E-state index < -0.39 is 11.2 Å². The van der Waals surface area contributed by atoms with Crippen molar-refractivity contribution in [2.75, 3.05) is 6.54 Å². The summed E-state index contributed by atoms with van der Waals surface area (Å²) in [5.41, 5.74) is -0.677. The molecule has 2 aliphatic rings. The third-order valence-corrected chi connectivity index (χ3v) is 5.54. The van der Waals surface area contributed by atoms with Crippen LogP contribution in [0.4, 0.5) is 0 Å². The zero-order chi connectivity index (χ0) is 16.9. The van der Waals surface area contributed by atoms with Gasteiger partial charge in [-0.15, -0.1) is 0 Å². The van der Waals surface area contributed by atoms with Crippen molar-refractivity contribution in [3.8, 4) is 11.8 Å². The Labute approximate surface area is 145 Å². The van der Waals surface area contributed by atoms with Crippen LogP contribution >= 0.6 is 0 Å². The number of rotatable bonds is 3. The zero-order valence-electron chi connectivity index (χ0n) is 14.4. The molecule has 0 amide bonds. The molecule has 0 spiro atoms. The molecule has 130 valence electrons. The molecule has 2 aliphatic carbocycles. The summed E-state index contributed by atoms with van der Waals surface area (Å²) in [5, 5.41) is 25.2. The van der Waals surface area contributed by atoms with Crippen molar-refractivity contribution >= 4 is 0 Å². The molecule has 3 nitrogen and oxygen atoms in total. The molecule has 3 rings (SSSR count). The number of hydrogen-bond acceptors (Lipinski definition) is 3. The van der Waals surface area contributed by atoms with E-state index in [-0.39, 0.29) is 6.04 Å². The molecule has 2 fully saturated rings. The van der Waals surface area contributed by atoms with Gasteiger partial charge in [-0.25, -0.2) is 0 Å². The maximum Gasteiger partial charge on any atom is 0.141 e. The highest BCUT2D eigenvalue weighted by atomic mass is 16.3. The van der Waals surface area contributed by atoms with Gasteiger partial charge in [0.2, 0.25) is 0 Å². The van der Waals surface area contributed by atoms with E-state index in [4.69, 9.17) is 0 Å². The number of aliphatic hydroxyl groups is 2. The second kappa shape index (κ2) is 7.70. The van der Waals surface area contributed by atoms with Crippen LogP contribution in [0.25, 0.3) is 0 Å². The summed E-state index contributed by atoms with van der Waals surface area (Å²) in [5.74, 6) is 6.26. The SMILES string of the molecule is OC1(CN[C@H]2CCCC[C@@]2(O)C#Cc2ccccc2)CCCCC1. The summed E-state index contributed by atoms with van der Waals surface area (Å²) >= 11 is 0. The zero-order valence-corrected chi connectivity index (χ0v) is 14.4. The van der Waals surface area contributed by atoms with E-state index in [9.17, 15) is 10.2 Å². The van der Waals surface area contributed by atoms with Crippen LogP contribution in [0.3, 0.4) is 0 Å². The predicted octanol–water partition coefficient (Wildman–Crippen LogP) is 3.00. The molecule has 0 unspecified atom stereocenters. The van der Waals surface area contributed by atoms with Crippen LogP contribution in [0.15, 0.2) is 30.3 Å². The molecule has 1 aromatic rings. The minimum Gasteiger partial charge on any atom is -0.389 e. The maximum absolute atomic E-state index is 11.1. The average molecular weight is 327 g/mol. The maximum atomic E-state index is 11.1. The molecular weight excluding hydrogens is 298 g/mol. The van der Waals surface area contributed by atoms with E-state index in [2.05, 4.69) is 17.2 Å². The summed E-state index contributed by atoms with van der Waals surface area (Å²) in [6.07, 6.45) is 8.86. The van der Waals surface area contributed by atoms with Gasteiger partial charge in [-0.05, 0) is 44.2 Å². The first-order valence-corrected chi connectivity index (χ1v) is 9.36. The molecule has 0 radical (unpaired) electrons. The minimum atomic E-state index is -1.00. The lowest BCUT2D eigenvalue weighted by Crippen LogP contribution is -2.56. The Hall–Kier alpha value is -1.34. The van der Waals surface area contributed by atoms with Gasteiger partial charge in [0.25, 0.3) is 0 Å². The summed E-state index contributed by atoms with van der Waals surface area (Å²) < 4.78 is 0. The molecule has 3 heteroatoms. The number of hydrogen-bond donors (Lipinski definition) is 3.